The molecule has 3 rings (SSSR count). The molecule has 0 aromatic carbocycles. The fourth-order valence-corrected chi connectivity index (χ4v) is 3.94. The predicted molar refractivity (Wildman–Crippen MR) is 86.5 cm³/mol. The topological polar surface area (TPSA) is 117 Å². The zero-order valence-electron chi connectivity index (χ0n) is 13.7. The van der Waals surface area contributed by atoms with Crippen LogP contribution in [0.2, 0.25) is 0 Å². The number of amides is 1. The Bertz CT molecular complexity index is 809. The van der Waals surface area contributed by atoms with Crippen LogP contribution in [0.25, 0.3) is 0 Å². The summed E-state index contributed by atoms with van der Waals surface area (Å²) in [6.07, 6.45) is 4.50. The molecule has 1 amide bonds. The van der Waals surface area contributed by atoms with Gasteiger partial charge in [0.25, 0.3) is 5.91 Å². The lowest BCUT2D eigenvalue weighted by Crippen LogP contribution is -2.53. The minimum absolute atomic E-state index is 0.0502. The number of carboxylic acids is 1. The minimum atomic E-state index is -3.33. The SMILES string of the molecule is CS(=O)(=O)N1CCc2c(cncc2C(=O)N2CCOCC2C(=O)O)C1. The van der Waals surface area contributed by atoms with Gasteiger partial charge in [-0.05, 0) is 17.5 Å². The van der Waals surface area contributed by atoms with Crippen molar-refractivity contribution in [2.24, 2.45) is 0 Å². The smallest absolute Gasteiger partial charge is 0.328 e. The van der Waals surface area contributed by atoms with Crippen LogP contribution in [0, 0.1) is 0 Å². The fraction of sp³-hybridized carbons (Fsp3) is 0.533. The van der Waals surface area contributed by atoms with Gasteiger partial charge in [-0.1, -0.05) is 0 Å². The molecule has 1 aromatic heterocycles. The summed E-state index contributed by atoms with van der Waals surface area (Å²) in [7, 11) is -3.33. The molecule has 25 heavy (non-hydrogen) atoms. The molecule has 0 bridgehead atoms. The van der Waals surface area contributed by atoms with Gasteiger partial charge in [0.2, 0.25) is 10.0 Å². The zero-order valence-corrected chi connectivity index (χ0v) is 14.5. The third kappa shape index (κ3) is 3.51. The molecule has 0 radical (unpaired) electrons. The van der Waals surface area contributed by atoms with E-state index in [1.54, 1.807) is 6.20 Å². The second-order valence-electron chi connectivity index (χ2n) is 6.10. The Hall–Kier alpha value is -2.04. The number of morpholine rings is 1. The van der Waals surface area contributed by atoms with E-state index in [0.717, 1.165) is 11.8 Å². The predicted octanol–water partition coefficient (Wildman–Crippen LogP) is -0.675. The number of hydrogen-bond donors (Lipinski definition) is 1. The number of aliphatic carboxylic acids is 1. The highest BCUT2D eigenvalue weighted by atomic mass is 32.2. The summed E-state index contributed by atoms with van der Waals surface area (Å²) in [4.78, 5) is 29.6. The van der Waals surface area contributed by atoms with Crippen LogP contribution in [0.15, 0.2) is 12.4 Å². The molecule has 1 fully saturated rings. The van der Waals surface area contributed by atoms with Gasteiger partial charge in [-0.2, -0.15) is 4.31 Å². The third-order valence-electron chi connectivity index (χ3n) is 4.48. The van der Waals surface area contributed by atoms with Crippen molar-refractivity contribution >= 4 is 21.9 Å². The maximum absolute atomic E-state index is 12.9. The molecule has 10 heteroatoms. The van der Waals surface area contributed by atoms with Crippen LogP contribution in [0.1, 0.15) is 21.5 Å². The monoisotopic (exact) mass is 369 g/mol. The van der Waals surface area contributed by atoms with E-state index < -0.39 is 27.9 Å². The molecule has 0 spiro atoms. The number of carbonyl (C=O) groups is 2. The van der Waals surface area contributed by atoms with Crippen LogP contribution in [0.3, 0.4) is 0 Å². The number of carbonyl (C=O) groups excluding carboxylic acids is 1. The van der Waals surface area contributed by atoms with Crippen LogP contribution >= 0.6 is 0 Å². The second-order valence-corrected chi connectivity index (χ2v) is 8.08. The van der Waals surface area contributed by atoms with E-state index >= 15 is 0 Å². The summed E-state index contributed by atoms with van der Waals surface area (Å²) < 4.78 is 30.0. The van der Waals surface area contributed by atoms with E-state index in [9.17, 15) is 23.1 Å². The van der Waals surface area contributed by atoms with Gasteiger partial charge in [-0.15, -0.1) is 0 Å². The summed E-state index contributed by atoms with van der Waals surface area (Å²) in [5.41, 5.74) is 1.73. The van der Waals surface area contributed by atoms with Gasteiger partial charge >= 0.3 is 5.97 Å². The molecule has 2 aliphatic heterocycles. The summed E-state index contributed by atoms with van der Waals surface area (Å²) in [5.74, 6) is -1.53. The molecule has 1 aromatic rings. The lowest BCUT2D eigenvalue weighted by molar-refractivity contribution is -0.147. The molecule has 9 nitrogen and oxygen atoms in total. The summed E-state index contributed by atoms with van der Waals surface area (Å²) in [6, 6.07) is -1.03. The molecule has 0 saturated carbocycles. The lowest BCUT2D eigenvalue weighted by Gasteiger charge is -2.34. The van der Waals surface area contributed by atoms with E-state index in [1.165, 1.54) is 15.4 Å². The Kier molecular flexibility index (Phi) is 4.76. The number of hydrogen-bond acceptors (Lipinski definition) is 6. The Balaban J connectivity index is 1.91. The molecule has 1 atom stereocenters. The molecular weight excluding hydrogens is 350 g/mol. The number of ether oxygens (including phenoxy) is 1. The van der Waals surface area contributed by atoms with Gasteiger partial charge in [0.15, 0.2) is 6.04 Å². The van der Waals surface area contributed by atoms with Crippen LogP contribution in [0.4, 0.5) is 0 Å². The quantitative estimate of drug-likeness (QED) is 0.750. The summed E-state index contributed by atoms with van der Waals surface area (Å²) in [5, 5.41) is 9.30. The van der Waals surface area contributed by atoms with Crippen molar-refractivity contribution in [3.63, 3.8) is 0 Å². The van der Waals surface area contributed by atoms with Crippen molar-refractivity contribution < 1.29 is 27.9 Å². The van der Waals surface area contributed by atoms with Crippen molar-refractivity contribution in [3.8, 4) is 0 Å². The number of rotatable bonds is 3. The number of sulfonamides is 1. The summed E-state index contributed by atoms with van der Waals surface area (Å²) in [6.45, 7) is 0.857. The standard InChI is InChI=1S/C15H19N3O6S/c1-25(22,23)17-3-2-11-10(8-17)6-16-7-12(11)14(19)18-4-5-24-9-13(18)15(20)21/h6-7,13H,2-5,8-9H2,1H3,(H,20,21). The van der Waals surface area contributed by atoms with Gasteiger partial charge in [0, 0.05) is 32.0 Å². The van der Waals surface area contributed by atoms with Crippen molar-refractivity contribution in [1.29, 1.82) is 0 Å². The maximum atomic E-state index is 12.9. The maximum Gasteiger partial charge on any atom is 0.328 e. The zero-order chi connectivity index (χ0) is 18.2. The number of pyridine rings is 1. The second kappa shape index (κ2) is 6.70. The van der Waals surface area contributed by atoms with Gasteiger partial charge in [-0.3, -0.25) is 9.78 Å². The average Bonchev–Trinajstić information content (AvgIpc) is 2.59. The lowest BCUT2D eigenvalue weighted by atomic mass is 9.97. The molecule has 3 heterocycles. The van der Waals surface area contributed by atoms with E-state index in [4.69, 9.17) is 4.74 Å². The average molecular weight is 369 g/mol. The van der Waals surface area contributed by atoms with Gasteiger partial charge in [-0.25, -0.2) is 13.2 Å². The highest BCUT2D eigenvalue weighted by Gasteiger charge is 2.35. The van der Waals surface area contributed by atoms with Crippen molar-refractivity contribution in [2.45, 2.75) is 19.0 Å². The minimum Gasteiger partial charge on any atom is -0.480 e. The van der Waals surface area contributed by atoms with Crippen molar-refractivity contribution in [2.75, 3.05) is 32.6 Å². The largest absolute Gasteiger partial charge is 0.480 e. The van der Waals surface area contributed by atoms with E-state index in [0.29, 0.717) is 17.5 Å². The van der Waals surface area contributed by atoms with Crippen LogP contribution in [-0.2, 0) is 32.5 Å². The highest BCUT2D eigenvalue weighted by molar-refractivity contribution is 7.88. The fourth-order valence-electron chi connectivity index (χ4n) is 3.14. The molecule has 1 unspecified atom stereocenters. The number of nitrogens with zero attached hydrogens (tertiary/aromatic N) is 3. The van der Waals surface area contributed by atoms with Gasteiger partial charge in [0.05, 0.1) is 25.0 Å². The molecule has 2 aliphatic rings. The third-order valence-corrected chi connectivity index (χ3v) is 5.73. The Labute approximate surface area is 145 Å². The molecule has 1 saturated heterocycles. The molecular formula is C15H19N3O6S. The van der Waals surface area contributed by atoms with Crippen LogP contribution in [-0.4, -0.2) is 78.2 Å². The Morgan fingerprint density at radius 3 is 2.76 bits per heavy atom. The summed E-state index contributed by atoms with van der Waals surface area (Å²) >= 11 is 0. The Morgan fingerprint density at radius 1 is 1.32 bits per heavy atom. The molecule has 1 N–H and O–H groups in total. The first-order chi connectivity index (χ1) is 11.8. The van der Waals surface area contributed by atoms with Crippen molar-refractivity contribution in [3.05, 3.63) is 29.1 Å². The normalized spacial score (nSPS) is 21.6. The van der Waals surface area contributed by atoms with Crippen LogP contribution < -0.4 is 0 Å². The van der Waals surface area contributed by atoms with Crippen molar-refractivity contribution in [1.82, 2.24) is 14.2 Å². The first-order valence-electron chi connectivity index (χ1n) is 7.81. The highest BCUT2D eigenvalue weighted by Crippen LogP contribution is 2.25. The Morgan fingerprint density at radius 2 is 2.08 bits per heavy atom. The van der Waals surface area contributed by atoms with Crippen LogP contribution in [0.5, 0.6) is 0 Å². The van der Waals surface area contributed by atoms with E-state index in [2.05, 4.69) is 4.98 Å². The van der Waals surface area contributed by atoms with Gasteiger partial charge < -0.3 is 14.7 Å². The van der Waals surface area contributed by atoms with E-state index in [-0.39, 0.29) is 32.8 Å². The van der Waals surface area contributed by atoms with Gasteiger partial charge in [0.1, 0.15) is 0 Å². The van der Waals surface area contributed by atoms with E-state index in [1.807, 2.05) is 0 Å². The number of fused-ring (bicyclic) bond motifs is 1. The first-order valence-corrected chi connectivity index (χ1v) is 9.66. The molecule has 0 aliphatic carbocycles. The number of aromatic nitrogens is 1. The molecule has 136 valence electrons. The first kappa shape index (κ1) is 17.8. The number of carboxylic acid groups (broad SMARTS) is 1.